The lowest BCUT2D eigenvalue weighted by Gasteiger charge is -2.08. The van der Waals surface area contributed by atoms with Gasteiger partial charge in [0, 0.05) is 18.3 Å². The zero-order valence-electron chi connectivity index (χ0n) is 10.2. The molecule has 0 bridgehead atoms. The summed E-state index contributed by atoms with van der Waals surface area (Å²) in [5.41, 5.74) is -1.29. The van der Waals surface area contributed by atoms with Crippen molar-refractivity contribution in [3.63, 3.8) is 0 Å². The Kier molecular flexibility index (Phi) is 3.80. The Balaban J connectivity index is 2.49. The van der Waals surface area contributed by atoms with Gasteiger partial charge in [0.15, 0.2) is 5.82 Å². The summed E-state index contributed by atoms with van der Waals surface area (Å²) in [7, 11) is -4.52. The summed E-state index contributed by atoms with van der Waals surface area (Å²) < 4.78 is 52.2. The minimum Gasteiger partial charge on any atom is -0.272 e. The molecular weight excluding hydrogens is 308 g/mol. The predicted octanol–water partition coefficient (Wildman–Crippen LogP) is 2.07. The number of hydrogen-bond donors (Lipinski definition) is 1. The average molecular weight is 315 g/mol. The average Bonchev–Trinajstić information content (AvgIpc) is 2.38. The van der Waals surface area contributed by atoms with Crippen LogP contribution in [0.25, 0.3) is 0 Å². The van der Waals surface area contributed by atoms with Crippen LogP contribution in [0.15, 0.2) is 41.6 Å². The lowest BCUT2D eigenvalue weighted by molar-refractivity contribution is -0.383. The fraction of sp³-hybridized carbons (Fsp3) is 0. The third-order valence-corrected chi connectivity index (χ3v) is 3.68. The van der Waals surface area contributed by atoms with E-state index in [0.29, 0.717) is 6.07 Å². The van der Waals surface area contributed by atoms with Crippen LogP contribution in [0.5, 0.6) is 0 Å². The minimum absolute atomic E-state index is 0.620. The van der Waals surface area contributed by atoms with Crippen LogP contribution in [-0.4, -0.2) is 18.3 Å². The maximum Gasteiger partial charge on any atom is 0.293 e. The first-order valence-electron chi connectivity index (χ1n) is 5.38. The van der Waals surface area contributed by atoms with E-state index in [1.54, 1.807) is 4.72 Å². The Morgan fingerprint density at radius 1 is 1.24 bits per heavy atom. The number of benzene rings is 1. The number of hydrogen-bond acceptors (Lipinski definition) is 5. The van der Waals surface area contributed by atoms with E-state index >= 15 is 0 Å². The zero-order chi connectivity index (χ0) is 15.6. The van der Waals surface area contributed by atoms with Crippen molar-refractivity contribution in [1.82, 2.24) is 4.98 Å². The Labute approximate surface area is 117 Å². The topological polar surface area (TPSA) is 102 Å². The lowest BCUT2D eigenvalue weighted by atomic mass is 10.3. The van der Waals surface area contributed by atoms with Gasteiger partial charge in [-0.05, 0) is 18.2 Å². The van der Waals surface area contributed by atoms with Gasteiger partial charge in [0.05, 0.1) is 4.92 Å². The highest BCUT2D eigenvalue weighted by molar-refractivity contribution is 7.92. The van der Waals surface area contributed by atoms with E-state index in [1.807, 2.05) is 0 Å². The monoisotopic (exact) mass is 315 g/mol. The number of nitro groups is 1. The van der Waals surface area contributed by atoms with Gasteiger partial charge in [-0.1, -0.05) is 0 Å². The van der Waals surface area contributed by atoms with Gasteiger partial charge in [-0.25, -0.2) is 13.8 Å². The van der Waals surface area contributed by atoms with Crippen molar-refractivity contribution in [3.8, 4) is 0 Å². The molecule has 0 aliphatic heterocycles. The van der Waals surface area contributed by atoms with E-state index in [4.69, 9.17) is 0 Å². The normalized spacial score (nSPS) is 11.1. The molecule has 2 rings (SSSR count). The maximum absolute atomic E-state index is 13.4. The van der Waals surface area contributed by atoms with E-state index in [1.165, 1.54) is 6.07 Å². The Bertz CT molecular complexity index is 811. The van der Waals surface area contributed by atoms with Crippen LogP contribution in [0, 0.1) is 21.7 Å². The molecule has 21 heavy (non-hydrogen) atoms. The number of halogens is 2. The molecule has 7 nitrogen and oxygen atoms in total. The Hall–Kier alpha value is -2.62. The molecule has 1 heterocycles. The SMILES string of the molecule is O=[N+]([O-])c1ccc(F)cc1NS(=O)(=O)c1ncccc1F. The molecule has 0 fully saturated rings. The third kappa shape index (κ3) is 3.11. The number of nitrogens with zero attached hydrogens (tertiary/aromatic N) is 2. The standard InChI is InChI=1S/C11H7F2N3O4S/c12-7-3-4-10(16(17)18)9(6-7)15-21(19,20)11-8(13)2-1-5-14-11/h1-6,15H. The van der Waals surface area contributed by atoms with Crippen LogP contribution in [0.1, 0.15) is 0 Å². The molecule has 10 heteroatoms. The fourth-order valence-corrected chi connectivity index (χ4v) is 2.59. The highest BCUT2D eigenvalue weighted by Crippen LogP contribution is 2.27. The number of anilines is 1. The van der Waals surface area contributed by atoms with E-state index in [0.717, 1.165) is 24.4 Å². The van der Waals surface area contributed by atoms with Crippen LogP contribution < -0.4 is 4.72 Å². The number of nitrogens with one attached hydrogen (secondary N) is 1. The van der Waals surface area contributed by atoms with Crippen LogP contribution in [0.2, 0.25) is 0 Å². The summed E-state index contributed by atoms with van der Waals surface area (Å²) >= 11 is 0. The van der Waals surface area contributed by atoms with Crippen LogP contribution >= 0.6 is 0 Å². The van der Waals surface area contributed by atoms with Gasteiger partial charge in [-0.2, -0.15) is 8.42 Å². The molecule has 0 unspecified atom stereocenters. The third-order valence-electron chi connectivity index (χ3n) is 2.38. The van der Waals surface area contributed by atoms with Crippen LogP contribution in [-0.2, 0) is 10.0 Å². The highest BCUT2D eigenvalue weighted by Gasteiger charge is 2.25. The first-order chi connectivity index (χ1) is 9.81. The van der Waals surface area contributed by atoms with Crippen molar-refractivity contribution in [2.24, 2.45) is 0 Å². The molecule has 0 spiro atoms. The van der Waals surface area contributed by atoms with Gasteiger partial charge in [0.25, 0.3) is 15.7 Å². The van der Waals surface area contributed by atoms with Crippen molar-refractivity contribution in [2.75, 3.05) is 4.72 Å². The molecule has 110 valence electrons. The van der Waals surface area contributed by atoms with Gasteiger partial charge in [0.1, 0.15) is 11.5 Å². The number of nitro benzene ring substituents is 1. The lowest BCUT2D eigenvalue weighted by Crippen LogP contribution is -2.17. The smallest absolute Gasteiger partial charge is 0.272 e. The molecule has 0 radical (unpaired) electrons. The van der Waals surface area contributed by atoms with Gasteiger partial charge < -0.3 is 0 Å². The van der Waals surface area contributed by atoms with E-state index in [9.17, 15) is 27.3 Å². The van der Waals surface area contributed by atoms with Crippen LogP contribution in [0.4, 0.5) is 20.2 Å². The fourth-order valence-electron chi connectivity index (χ4n) is 1.51. The Morgan fingerprint density at radius 3 is 2.57 bits per heavy atom. The van der Waals surface area contributed by atoms with Crippen molar-refractivity contribution in [3.05, 3.63) is 58.3 Å². The quantitative estimate of drug-likeness (QED) is 0.687. The molecule has 1 aromatic carbocycles. The van der Waals surface area contributed by atoms with E-state index < -0.39 is 43.0 Å². The van der Waals surface area contributed by atoms with Crippen molar-refractivity contribution in [1.29, 1.82) is 0 Å². The number of pyridine rings is 1. The summed E-state index contributed by atoms with van der Waals surface area (Å²) in [6, 6.07) is 4.26. The summed E-state index contributed by atoms with van der Waals surface area (Å²) in [4.78, 5) is 13.2. The van der Waals surface area contributed by atoms with E-state index in [-0.39, 0.29) is 0 Å². The summed E-state index contributed by atoms with van der Waals surface area (Å²) in [5.74, 6) is -2.02. The first-order valence-corrected chi connectivity index (χ1v) is 6.87. The summed E-state index contributed by atoms with van der Waals surface area (Å²) in [6.45, 7) is 0. The summed E-state index contributed by atoms with van der Waals surface area (Å²) in [6.07, 6.45) is 1.04. The highest BCUT2D eigenvalue weighted by atomic mass is 32.2. The minimum atomic E-state index is -4.52. The largest absolute Gasteiger partial charge is 0.293 e. The molecule has 0 saturated carbocycles. The maximum atomic E-state index is 13.4. The molecule has 0 aliphatic carbocycles. The molecule has 0 aliphatic rings. The second-order valence-corrected chi connectivity index (χ2v) is 5.41. The zero-order valence-corrected chi connectivity index (χ0v) is 11.0. The van der Waals surface area contributed by atoms with E-state index in [2.05, 4.69) is 4.98 Å². The number of sulfonamides is 1. The Morgan fingerprint density at radius 2 is 1.95 bits per heavy atom. The molecule has 1 aromatic heterocycles. The predicted molar refractivity (Wildman–Crippen MR) is 68.1 cm³/mol. The second kappa shape index (κ2) is 5.40. The van der Waals surface area contributed by atoms with Gasteiger partial charge in [0.2, 0.25) is 5.03 Å². The van der Waals surface area contributed by atoms with Crippen LogP contribution in [0.3, 0.4) is 0 Å². The number of rotatable bonds is 4. The molecular formula is C11H7F2N3O4S. The van der Waals surface area contributed by atoms with Gasteiger partial charge in [-0.15, -0.1) is 0 Å². The molecule has 0 amide bonds. The van der Waals surface area contributed by atoms with Gasteiger partial charge in [-0.3, -0.25) is 14.8 Å². The second-order valence-electron chi connectivity index (χ2n) is 3.81. The molecule has 0 saturated heterocycles. The molecule has 2 aromatic rings. The van der Waals surface area contributed by atoms with Gasteiger partial charge >= 0.3 is 0 Å². The number of aromatic nitrogens is 1. The molecule has 1 N–H and O–H groups in total. The van der Waals surface area contributed by atoms with Crippen molar-refractivity contribution < 1.29 is 22.1 Å². The van der Waals surface area contributed by atoms with Crippen molar-refractivity contribution >= 4 is 21.4 Å². The first kappa shape index (κ1) is 14.8. The molecule has 0 atom stereocenters. The van der Waals surface area contributed by atoms with Crippen molar-refractivity contribution in [2.45, 2.75) is 5.03 Å². The summed E-state index contributed by atoms with van der Waals surface area (Å²) in [5, 5.41) is 9.84.